The van der Waals surface area contributed by atoms with Crippen LogP contribution in [0.3, 0.4) is 0 Å². The number of anilines is 3. The lowest BCUT2D eigenvalue weighted by Gasteiger charge is -2.14. The molecule has 0 spiro atoms. The van der Waals surface area contributed by atoms with Gasteiger partial charge in [-0.05, 0) is 29.8 Å². The molecule has 0 unspecified atom stereocenters. The molecule has 32 heavy (non-hydrogen) atoms. The van der Waals surface area contributed by atoms with Gasteiger partial charge in [-0.2, -0.15) is 0 Å². The summed E-state index contributed by atoms with van der Waals surface area (Å²) in [6, 6.07) is 14.1. The molecule has 0 fully saturated rings. The van der Waals surface area contributed by atoms with E-state index in [1.807, 2.05) is 0 Å². The van der Waals surface area contributed by atoms with E-state index in [9.17, 15) is 23.3 Å². The van der Waals surface area contributed by atoms with Crippen molar-refractivity contribution in [1.82, 2.24) is 4.98 Å². The minimum Gasteiger partial charge on any atom is -0.381 e. The van der Waals surface area contributed by atoms with Crippen molar-refractivity contribution in [3.05, 3.63) is 82.0 Å². The Balaban J connectivity index is 1.82. The molecular weight excluding hydrogens is 434 g/mol. The summed E-state index contributed by atoms with van der Waals surface area (Å²) in [6.07, 6.45) is 2.61. The van der Waals surface area contributed by atoms with Crippen LogP contribution in [0.1, 0.15) is 11.1 Å². The summed E-state index contributed by atoms with van der Waals surface area (Å²) >= 11 is 0. The Morgan fingerprint density at radius 1 is 1.16 bits per heavy atom. The lowest BCUT2D eigenvalue weighted by molar-refractivity contribution is -0.384. The number of rotatable bonds is 9. The average molecular weight is 455 g/mol. The van der Waals surface area contributed by atoms with Gasteiger partial charge in [0.25, 0.3) is 5.69 Å². The van der Waals surface area contributed by atoms with Gasteiger partial charge in [0, 0.05) is 54.1 Å². The molecule has 0 aliphatic rings. The number of hydrogen-bond donors (Lipinski definition) is 3. The summed E-state index contributed by atoms with van der Waals surface area (Å²) in [5.41, 5.74) is 7.78. The predicted molar refractivity (Wildman–Crippen MR) is 120 cm³/mol. The maximum absolute atomic E-state index is 11.6. The molecule has 1 heterocycles. The lowest BCUT2D eigenvalue weighted by atomic mass is 10.1. The highest BCUT2D eigenvalue weighted by atomic mass is 32.2. The van der Waals surface area contributed by atoms with Crippen LogP contribution < -0.4 is 16.4 Å². The number of pyridine rings is 1. The number of nitro groups is 1. The predicted octanol–water partition coefficient (Wildman–Crippen LogP) is 2.78. The van der Waals surface area contributed by atoms with Crippen LogP contribution in [0.4, 0.5) is 22.9 Å². The first-order valence-electron chi connectivity index (χ1n) is 9.43. The molecule has 1 amide bonds. The standard InChI is InChI=1S/C21H21N5O5S/c1-32(30,31)18-7-5-16(6-8-18)25-21-11-19(15(13-24-21)10-20(22)27)23-12-14-3-2-4-17(9-14)26(28)29/h2-9,11,13H,10,12H2,1H3,(H2,22,27)(H2,23,24,25). The fourth-order valence-corrected chi connectivity index (χ4v) is 3.59. The summed E-state index contributed by atoms with van der Waals surface area (Å²) in [5, 5.41) is 17.2. The van der Waals surface area contributed by atoms with Crippen LogP contribution in [0.5, 0.6) is 0 Å². The molecular formula is C21H21N5O5S. The monoisotopic (exact) mass is 455 g/mol. The molecule has 4 N–H and O–H groups in total. The van der Waals surface area contributed by atoms with Crippen molar-refractivity contribution in [2.75, 3.05) is 16.9 Å². The third-order valence-corrected chi connectivity index (χ3v) is 5.64. The van der Waals surface area contributed by atoms with E-state index in [2.05, 4.69) is 15.6 Å². The molecule has 0 aliphatic carbocycles. The number of aromatic nitrogens is 1. The Kier molecular flexibility index (Phi) is 6.69. The quantitative estimate of drug-likeness (QED) is 0.328. The van der Waals surface area contributed by atoms with Crippen molar-refractivity contribution < 1.29 is 18.1 Å². The molecule has 2 aromatic carbocycles. The Hall–Kier alpha value is -3.99. The van der Waals surface area contributed by atoms with Gasteiger partial charge in [0.15, 0.2) is 9.84 Å². The molecule has 0 bridgehead atoms. The first kappa shape index (κ1) is 22.7. The van der Waals surface area contributed by atoms with Gasteiger partial charge in [0.05, 0.1) is 16.2 Å². The fraction of sp³-hybridized carbons (Fsp3) is 0.143. The normalized spacial score (nSPS) is 11.0. The Morgan fingerprint density at radius 2 is 1.88 bits per heavy atom. The van der Waals surface area contributed by atoms with Crippen molar-refractivity contribution in [3.8, 4) is 0 Å². The van der Waals surface area contributed by atoms with E-state index in [1.54, 1.807) is 30.3 Å². The van der Waals surface area contributed by atoms with Gasteiger partial charge in [0.1, 0.15) is 5.82 Å². The van der Waals surface area contributed by atoms with Crippen LogP contribution >= 0.6 is 0 Å². The van der Waals surface area contributed by atoms with Gasteiger partial charge in [-0.1, -0.05) is 12.1 Å². The molecule has 0 saturated heterocycles. The van der Waals surface area contributed by atoms with Crippen molar-refractivity contribution in [1.29, 1.82) is 0 Å². The maximum atomic E-state index is 11.6. The van der Waals surface area contributed by atoms with Crippen LogP contribution in [0.25, 0.3) is 0 Å². The van der Waals surface area contributed by atoms with Gasteiger partial charge in [-0.25, -0.2) is 13.4 Å². The summed E-state index contributed by atoms with van der Waals surface area (Å²) < 4.78 is 23.2. The average Bonchev–Trinajstić information content (AvgIpc) is 2.73. The number of benzene rings is 2. The van der Waals surface area contributed by atoms with E-state index < -0.39 is 20.7 Å². The zero-order chi connectivity index (χ0) is 23.3. The first-order chi connectivity index (χ1) is 15.1. The Labute approximate surface area is 184 Å². The van der Waals surface area contributed by atoms with E-state index in [0.29, 0.717) is 28.3 Å². The second-order valence-corrected chi connectivity index (χ2v) is 9.09. The first-order valence-corrected chi connectivity index (χ1v) is 11.3. The van der Waals surface area contributed by atoms with E-state index in [0.717, 1.165) is 6.26 Å². The number of amides is 1. The zero-order valence-electron chi connectivity index (χ0n) is 17.1. The number of hydrogen-bond acceptors (Lipinski definition) is 8. The van der Waals surface area contributed by atoms with Crippen LogP contribution in [0, 0.1) is 10.1 Å². The minimum atomic E-state index is -3.30. The van der Waals surface area contributed by atoms with E-state index in [-0.39, 0.29) is 23.5 Å². The molecule has 166 valence electrons. The highest BCUT2D eigenvalue weighted by molar-refractivity contribution is 7.90. The van der Waals surface area contributed by atoms with E-state index in [4.69, 9.17) is 5.73 Å². The largest absolute Gasteiger partial charge is 0.381 e. The van der Waals surface area contributed by atoms with Crippen LogP contribution in [-0.4, -0.2) is 30.5 Å². The molecule has 0 aliphatic heterocycles. The van der Waals surface area contributed by atoms with Gasteiger partial charge < -0.3 is 16.4 Å². The number of nitrogens with one attached hydrogen (secondary N) is 2. The highest BCUT2D eigenvalue weighted by Crippen LogP contribution is 2.24. The van der Waals surface area contributed by atoms with Crippen LogP contribution in [-0.2, 0) is 27.6 Å². The van der Waals surface area contributed by atoms with Crippen LogP contribution in [0.15, 0.2) is 65.7 Å². The zero-order valence-corrected chi connectivity index (χ0v) is 17.9. The molecule has 1 aromatic heterocycles. The van der Waals surface area contributed by atoms with Gasteiger partial charge in [-0.15, -0.1) is 0 Å². The molecule has 3 aromatic rings. The lowest BCUT2D eigenvalue weighted by Crippen LogP contribution is -2.15. The molecule has 0 radical (unpaired) electrons. The SMILES string of the molecule is CS(=O)(=O)c1ccc(Nc2cc(NCc3cccc([N+](=O)[O-])c3)c(CC(N)=O)cn2)cc1. The van der Waals surface area contributed by atoms with Gasteiger partial charge >= 0.3 is 0 Å². The van der Waals surface area contributed by atoms with Crippen molar-refractivity contribution >= 4 is 38.6 Å². The number of sulfone groups is 1. The number of nitrogens with zero attached hydrogens (tertiary/aromatic N) is 2. The van der Waals surface area contributed by atoms with Crippen molar-refractivity contribution in [2.24, 2.45) is 5.73 Å². The molecule has 11 heteroatoms. The third-order valence-electron chi connectivity index (χ3n) is 4.51. The number of non-ortho nitro benzene ring substituents is 1. The number of nitro benzene ring substituents is 1. The third kappa shape index (κ3) is 6.01. The van der Waals surface area contributed by atoms with Crippen molar-refractivity contribution in [3.63, 3.8) is 0 Å². The summed E-state index contributed by atoms with van der Waals surface area (Å²) in [5.74, 6) is -0.0749. The maximum Gasteiger partial charge on any atom is 0.269 e. The summed E-state index contributed by atoms with van der Waals surface area (Å²) in [4.78, 5) is 26.4. The van der Waals surface area contributed by atoms with Crippen molar-refractivity contribution in [2.45, 2.75) is 17.9 Å². The van der Waals surface area contributed by atoms with Crippen LogP contribution in [0.2, 0.25) is 0 Å². The number of primary amides is 1. The number of nitrogens with two attached hydrogens (primary N) is 1. The smallest absolute Gasteiger partial charge is 0.269 e. The Morgan fingerprint density at radius 3 is 2.50 bits per heavy atom. The molecule has 10 nitrogen and oxygen atoms in total. The minimum absolute atomic E-state index is 0.0173. The number of carbonyl (C=O) groups is 1. The molecule has 0 atom stereocenters. The highest BCUT2D eigenvalue weighted by Gasteiger charge is 2.11. The summed E-state index contributed by atoms with van der Waals surface area (Å²) in [6.45, 7) is 0.278. The fourth-order valence-electron chi connectivity index (χ4n) is 2.96. The van der Waals surface area contributed by atoms with E-state index in [1.165, 1.54) is 30.5 Å². The number of carbonyl (C=O) groups excluding carboxylic acids is 1. The van der Waals surface area contributed by atoms with Gasteiger partial charge in [0.2, 0.25) is 5.91 Å². The van der Waals surface area contributed by atoms with Gasteiger partial charge in [-0.3, -0.25) is 14.9 Å². The second-order valence-electron chi connectivity index (χ2n) is 7.07. The van der Waals surface area contributed by atoms with E-state index >= 15 is 0 Å². The topological polar surface area (TPSA) is 157 Å². The molecule has 3 rings (SSSR count). The Bertz CT molecular complexity index is 1260. The molecule has 0 saturated carbocycles. The summed E-state index contributed by atoms with van der Waals surface area (Å²) in [7, 11) is -3.30. The second kappa shape index (κ2) is 9.43.